The van der Waals surface area contributed by atoms with Crippen LogP contribution in [0.25, 0.3) is 0 Å². The molecule has 1 aliphatic carbocycles. The lowest BCUT2D eigenvalue weighted by Crippen LogP contribution is -2.24. The Morgan fingerprint density at radius 3 is 2.76 bits per heavy atom. The van der Waals surface area contributed by atoms with Crippen LogP contribution in [0.3, 0.4) is 0 Å². The molecule has 0 bridgehead atoms. The van der Waals surface area contributed by atoms with Crippen LogP contribution in [-0.2, 0) is 17.8 Å². The third-order valence-electron chi connectivity index (χ3n) is 4.12. The van der Waals surface area contributed by atoms with Gasteiger partial charge in [-0.2, -0.15) is 0 Å². The Bertz CT molecular complexity index is 653. The average Bonchev–Trinajstić information content (AvgIpc) is 2.90. The molecule has 1 atom stereocenters. The number of hydrogen-bond acceptors (Lipinski definition) is 1. The lowest BCUT2D eigenvalue weighted by atomic mass is 9.97. The summed E-state index contributed by atoms with van der Waals surface area (Å²) in [5.74, 6) is 0.00536. The van der Waals surface area contributed by atoms with Crippen molar-refractivity contribution in [2.24, 2.45) is 0 Å². The largest absolute Gasteiger partial charge is 0.352 e. The van der Waals surface area contributed by atoms with E-state index in [1.165, 1.54) is 17.2 Å². The Balaban J connectivity index is 1.57. The number of amides is 1. The SMILES string of the molecule is O=C(CC1CCc2ccccc21)NCc1ccccc1F. The van der Waals surface area contributed by atoms with Gasteiger partial charge in [-0.1, -0.05) is 42.5 Å². The molecule has 1 unspecified atom stereocenters. The highest BCUT2D eigenvalue weighted by Crippen LogP contribution is 2.35. The number of halogens is 1. The van der Waals surface area contributed by atoms with Gasteiger partial charge in [0.25, 0.3) is 0 Å². The number of benzene rings is 2. The Kier molecular flexibility index (Phi) is 4.00. The third-order valence-corrected chi connectivity index (χ3v) is 4.12. The second-order valence-electron chi connectivity index (χ2n) is 5.51. The van der Waals surface area contributed by atoms with Crippen molar-refractivity contribution in [2.75, 3.05) is 0 Å². The van der Waals surface area contributed by atoms with E-state index in [1.54, 1.807) is 18.2 Å². The van der Waals surface area contributed by atoms with Gasteiger partial charge in [-0.25, -0.2) is 4.39 Å². The minimum Gasteiger partial charge on any atom is -0.352 e. The van der Waals surface area contributed by atoms with Crippen molar-refractivity contribution in [1.82, 2.24) is 5.32 Å². The van der Waals surface area contributed by atoms with Crippen LogP contribution in [0.1, 0.15) is 35.4 Å². The Hall–Kier alpha value is -2.16. The summed E-state index contributed by atoms with van der Waals surface area (Å²) in [6.45, 7) is 0.250. The number of nitrogens with one attached hydrogen (secondary N) is 1. The zero-order valence-corrected chi connectivity index (χ0v) is 11.8. The van der Waals surface area contributed by atoms with E-state index in [1.807, 2.05) is 12.1 Å². The molecule has 2 aromatic carbocycles. The van der Waals surface area contributed by atoms with Gasteiger partial charge in [0, 0.05) is 18.5 Å². The molecule has 1 N–H and O–H groups in total. The zero-order valence-electron chi connectivity index (χ0n) is 11.8. The van der Waals surface area contributed by atoms with E-state index in [-0.39, 0.29) is 18.3 Å². The fourth-order valence-electron chi connectivity index (χ4n) is 2.99. The van der Waals surface area contributed by atoms with Crippen molar-refractivity contribution in [3.8, 4) is 0 Å². The van der Waals surface area contributed by atoms with Gasteiger partial charge in [0.2, 0.25) is 5.91 Å². The fraction of sp³-hybridized carbons (Fsp3) is 0.278. The van der Waals surface area contributed by atoms with Crippen LogP contribution in [0.4, 0.5) is 4.39 Å². The number of hydrogen-bond donors (Lipinski definition) is 1. The van der Waals surface area contributed by atoms with E-state index in [0.29, 0.717) is 17.9 Å². The van der Waals surface area contributed by atoms with E-state index in [4.69, 9.17) is 0 Å². The third kappa shape index (κ3) is 3.13. The van der Waals surface area contributed by atoms with Crippen LogP contribution in [0.5, 0.6) is 0 Å². The highest BCUT2D eigenvalue weighted by atomic mass is 19.1. The minimum absolute atomic E-state index is 0.0139. The molecule has 1 aliphatic rings. The number of carbonyl (C=O) groups excluding carboxylic acids is 1. The summed E-state index contributed by atoms with van der Waals surface area (Å²) in [5.41, 5.74) is 3.17. The first-order chi connectivity index (χ1) is 10.2. The maximum atomic E-state index is 13.5. The number of rotatable bonds is 4. The maximum absolute atomic E-state index is 13.5. The molecule has 0 radical (unpaired) electrons. The lowest BCUT2D eigenvalue weighted by molar-refractivity contribution is -0.121. The Morgan fingerprint density at radius 2 is 1.90 bits per heavy atom. The summed E-state index contributed by atoms with van der Waals surface area (Å²) in [6, 6.07) is 14.8. The highest BCUT2D eigenvalue weighted by molar-refractivity contribution is 5.77. The van der Waals surface area contributed by atoms with Gasteiger partial charge in [-0.3, -0.25) is 4.79 Å². The maximum Gasteiger partial charge on any atom is 0.220 e. The van der Waals surface area contributed by atoms with E-state index in [0.717, 1.165) is 12.8 Å². The van der Waals surface area contributed by atoms with Crippen molar-refractivity contribution in [3.63, 3.8) is 0 Å². The second kappa shape index (κ2) is 6.08. The first kappa shape index (κ1) is 13.8. The molecule has 0 fully saturated rings. The summed E-state index contributed by atoms with van der Waals surface area (Å²) in [7, 11) is 0. The van der Waals surface area contributed by atoms with Crippen LogP contribution in [0, 0.1) is 5.82 Å². The Morgan fingerprint density at radius 1 is 1.14 bits per heavy atom. The van der Waals surface area contributed by atoms with E-state index in [2.05, 4.69) is 17.4 Å². The van der Waals surface area contributed by atoms with Crippen molar-refractivity contribution in [3.05, 3.63) is 71.0 Å². The number of fused-ring (bicyclic) bond motifs is 1. The van der Waals surface area contributed by atoms with Crippen molar-refractivity contribution in [2.45, 2.75) is 31.7 Å². The quantitative estimate of drug-likeness (QED) is 0.913. The van der Waals surface area contributed by atoms with Crippen LogP contribution in [-0.4, -0.2) is 5.91 Å². The molecule has 108 valence electrons. The van der Waals surface area contributed by atoms with Gasteiger partial charge < -0.3 is 5.32 Å². The standard InChI is InChI=1S/C18H18FNO/c19-17-8-4-2-6-15(17)12-20-18(21)11-14-10-9-13-5-1-3-7-16(13)14/h1-8,14H,9-12H2,(H,20,21). The van der Waals surface area contributed by atoms with Gasteiger partial charge in [0.1, 0.15) is 5.82 Å². The van der Waals surface area contributed by atoms with Crippen LogP contribution < -0.4 is 5.32 Å². The molecule has 3 rings (SSSR count). The first-order valence-corrected chi connectivity index (χ1v) is 7.32. The van der Waals surface area contributed by atoms with Gasteiger partial charge in [0.15, 0.2) is 0 Å². The molecule has 0 saturated carbocycles. The molecule has 0 saturated heterocycles. The van der Waals surface area contributed by atoms with Crippen molar-refractivity contribution < 1.29 is 9.18 Å². The molecule has 2 aromatic rings. The van der Waals surface area contributed by atoms with Gasteiger partial charge in [0.05, 0.1) is 0 Å². The van der Waals surface area contributed by atoms with Crippen LogP contribution >= 0.6 is 0 Å². The van der Waals surface area contributed by atoms with Crippen molar-refractivity contribution >= 4 is 5.91 Å². The molecule has 2 nitrogen and oxygen atoms in total. The van der Waals surface area contributed by atoms with Crippen LogP contribution in [0.15, 0.2) is 48.5 Å². The molecule has 21 heavy (non-hydrogen) atoms. The molecular weight excluding hydrogens is 265 g/mol. The van der Waals surface area contributed by atoms with E-state index < -0.39 is 0 Å². The zero-order chi connectivity index (χ0) is 14.7. The molecule has 1 amide bonds. The average molecular weight is 283 g/mol. The summed E-state index contributed by atoms with van der Waals surface area (Å²) in [4.78, 5) is 12.1. The summed E-state index contributed by atoms with van der Waals surface area (Å²) in [6.07, 6.45) is 2.54. The molecule has 3 heteroatoms. The number of aryl methyl sites for hydroxylation is 1. The topological polar surface area (TPSA) is 29.1 Å². The Labute approximate surface area is 124 Å². The predicted molar refractivity (Wildman–Crippen MR) is 80.4 cm³/mol. The van der Waals surface area contributed by atoms with E-state index in [9.17, 15) is 9.18 Å². The van der Waals surface area contributed by atoms with Crippen LogP contribution in [0.2, 0.25) is 0 Å². The molecule has 0 aliphatic heterocycles. The molecule has 0 spiro atoms. The van der Waals surface area contributed by atoms with E-state index >= 15 is 0 Å². The summed E-state index contributed by atoms with van der Waals surface area (Å²) in [5, 5.41) is 2.82. The van der Waals surface area contributed by atoms with Crippen molar-refractivity contribution in [1.29, 1.82) is 0 Å². The van der Waals surface area contributed by atoms with Gasteiger partial charge >= 0.3 is 0 Å². The first-order valence-electron chi connectivity index (χ1n) is 7.32. The molecule has 0 aromatic heterocycles. The second-order valence-corrected chi connectivity index (χ2v) is 5.51. The summed E-state index contributed by atoms with van der Waals surface area (Å²) >= 11 is 0. The van der Waals surface area contributed by atoms with Gasteiger partial charge in [-0.05, 0) is 36.0 Å². The summed E-state index contributed by atoms with van der Waals surface area (Å²) < 4.78 is 13.5. The smallest absolute Gasteiger partial charge is 0.220 e. The molecular formula is C18H18FNO. The fourth-order valence-corrected chi connectivity index (χ4v) is 2.99. The highest BCUT2D eigenvalue weighted by Gasteiger charge is 2.24. The normalized spacial score (nSPS) is 16.5. The monoisotopic (exact) mass is 283 g/mol. The predicted octanol–water partition coefficient (Wildman–Crippen LogP) is 3.56. The minimum atomic E-state index is -0.274. The molecule has 0 heterocycles. The lowest BCUT2D eigenvalue weighted by Gasteiger charge is -2.12. The van der Waals surface area contributed by atoms with Gasteiger partial charge in [-0.15, -0.1) is 0 Å². The number of carbonyl (C=O) groups is 1.